The molecule has 0 spiro atoms. The lowest BCUT2D eigenvalue weighted by molar-refractivity contribution is 0.0303. The molecule has 0 bridgehead atoms. The number of nitrogens with one attached hydrogen (secondary N) is 2. The van der Waals surface area contributed by atoms with Gasteiger partial charge in [0.05, 0.1) is 36.0 Å². The average Bonchev–Trinajstić information content (AvgIpc) is 2.74. The van der Waals surface area contributed by atoms with Gasteiger partial charge in [0.25, 0.3) is 11.8 Å². The van der Waals surface area contributed by atoms with Crippen LogP contribution in [0.15, 0.2) is 46.9 Å². The van der Waals surface area contributed by atoms with Crippen molar-refractivity contribution in [3.8, 4) is 5.75 Å². The topological polar surface area (TPSA) is 79.9 Å². The predicted octanol–water partition coefficient (Wildman–Crippen LogP) is 3.06. The molecule has 1 fully saturated rings. The molecule has 1 aliphatic heterocycles. The number of ether oxygens (including phenoxy) is 2. The smallest absolute Gasteiger partial charge is 0.257 e. The lowest BCUT2D eigenvalue weighted by Crippen LogP contribution is -2.41. The summed E-state index contributed by atoms with van der Waals surface area (Å²) >= 11 is 8.63. The maximum atomic E-state index is 12.8. The summed E-state index contributed by atoms with van der Waals surface area (Å²) in [4.78, 5) is 27.0. The number of para-hydroxylation sites is 1. The molecular weight excluding hydrogens is 458 g/mol. The molecule has 1 aliphatic rings. The van der Waals surface area contributed by atoms with Crippen molar-refractivity contribution in [2.75, 3.05) is 38.7 Å². The second kappa shape index (κ2) is 9.82. The number of hydrogen-bond acceptors (Lipinski definition) is 5. The van der Waals surface area contributed by atoms with Crippen LogP contribution >= 0.6 is 28.1 Å². The van der Waals surface area contributed by atoms with Crippen molar-refractivity contribution in [2.45, 2.75) is 0 Å². The Morgan fingerprint density at radius 2 is 1.90 bits per heavy atom. The Morgan fingerprint density at radius 3 is 2.59 bits per heavy atom. The van der Waals surface area contributed by atoms with E-state index in [9.17, 15) is 9.59 Å². The number of morpholine rings is 1. The summed E-state index contributed by atoms with van der Waals surface area (Å²) in [5, 5.41) is 5.68. The van der Waals surface area contributed by atoms with E-state index in [1.807, 2.05) is 0 Å². The van der Waals surface area contributed by atoms with Crippen LogP contribution in [0.3, 0.4) is 0 Å². The number of amides is 2. The molecule has 1 saturated heterocycles. The van der Waals surface area contributed by atoms with Gasteiger partial charge >= 0.3 is 0 Å². The van der Waals surface area contributed by atoms with Gasteiger partial charge in [-0.25, -0.2) is 0 Å². The Kier molecular flexibility index (Phi) is 7.18. The van der Waals surface area contributed by atoms with Crippen LogP contribution in [-0.2, 0) is 4.74 Å². The van der Waals surface area contributed by atoms with Crippen LogP contribution in [-0.4, -0.2) is 55.2 Å². The van der Waals surface area contributed by atoms with Crippen LogP contribution in [0.25, 0.3) is 0 Å². The number of benzene rings is 2. The summed E-state index contributed by atoms with van der Waals surface area (Å²) in [5.41, 5.74) is 1.43. The van der Waals surface area contributed by atoms with Gasteiger partial charge in [-0.3, -0.25) is 14.9 Å². The normalized spacial score (nSPS) is 13.5. The van der Waals surface area contributed by atoms with Gasteiger partial charge in [0.1, 0.15) is 5.75 Å². The zero-order valence-electron chi connectivity index (χ0n) is 15.7. The van der Waals surface area contributed by atoms with E-state index in [0.29, 0.717) is 53.3 Å². The van der Waals surface area contributed by atoms with Crippen molar-refractivity contribution in [1.82, 2.24) is 10.2 Å². The molecule has 0 radical (unpaired) electrons. The molecule has 7 nitrogen and oxygen atoms in total. The third-order valence-corrected chi connectivity index (χ3v) is 5.17. The molecule has 1 heterocycles. The molecule has 3 rings (SSSR count). The fourth-order valence-corrected chi connectivity index (χ4v) is 3.60. The second-order valence-electron chi connectivity index (χ2n) is 6.21. The number of rotatable bonds is 4. The zero-order valence-corrected chi connectivity index (χ0v) is 18.1. The molecule has 0 atom stereocenters. The van der Waals surface area contributed by atoms with Gasteiger partial charge in [-0.2, -0.15) is 0 Å². The zero-order chi connectivity index (χ0) is 20.8. The molecule has 0 unspecified atom stereocenters. The lowest BCUT2D eigenvalue weighted by atomic mass is 10.1. The van der Waals surface area contributed by atoms with Crippen LogP contribution in [0.1, 0.15) is 20.7 Å². The largest absolute Gasteiger partial charge is 0.496 e. The van der Waals surface area contributed by atoms with Gasteiger partial charge in [0.2, 0.25) is 0 Å². The number of methoxy groups -OCH3 is 1. The first-order valence-corrected chi connectivity index (χ1v) is 10.1. The minimum absolute atomic E-state index is 0.101. The molecule has 2 aromatic carbocycles. The molecule has 0 saturated carbocycles. The van der Waals surface area contributed by atoms with Crippen molar-refractivity contribution in [3.05, 3.63) is 58.1 Å². The van der Waals surface area contributed by atoms with Gasteiger partial charge in [0.15, 0.2) is 5.11 Å². The number of carbonyl (C=O) groups excluding carboxylic acids is 2. The van der Waals surface area contributed by atoms with Gasteiger partial charge in [0, 0.05) is 18.7 Å². The van der Waals surface area contributed by atoms with Gasteiger partial charge in [-0.15, -0.1) is 0 Å². The Bertz CT molecular complexity index is 932. The van der Waals surface area contributed by atoms with Crippen molar-refractivity contribution in [2.24, 2.45) is 0 Å². The first kappa shape index (κ1) is 21.2. The molecule has 152 valence electrons. The van der Waals surface area contributed by atoms with Crippen molar-refractivity contribution >= 4 is 50.8 Å². The number of thiocarbonyl (C=S) groups is 1. The number of nitrogens with zero attached hydrogens (tertiary/aromatic N) is 1. The van der Waals surface area contributed by atoms with E-state index in [1.54, 1.807) is 54.5 Å². The van der Waals surface area contributed by atoms with E-state index in [0.717, 1.165) is 0 Å². The quantitative estimate of drug-likeness (QED) is 0.658. The number of carbonyl (C=O) groups is 2. The van der Waals surface area contributed by atoms with E-state index in [2.05, 4.69) is 26.6 Å². The Labute approximate surface area is 182 Å². The Hall–Kier alpha value is -2.49. The predicted molar refractivity (Wildman–Crippen MR) is 118 cm³/mol. The average molecular weight is 478 g/mol. The summed E-state index contributed by atoms with van der Waals surface area (Å²) < 4.78 is 11.1. The number of halogens is 1. The minimum Gasteiger partial charge on any atom is -0.496 e. The summed E-state index contributed by atoms with van der Waals surface area (Å²) in [5.74, 6) is 0.144. The molecule has 9 heteroatoms. The van der Waals surface area contributed by atoms with E-state index in [4.69, 9.17) is 21.7 Å². The number of hydrogen-bond donors (Lipinski definition) is 2. The van der Waals surface area contributed by atoms with Crippen LogP contribution in [0.2, 0.25) is 0 Å². The van der Waals surface area contributed by atoms with E-state index in [-0.39, 0.29) is 16.9 Å². The van der Waals surface area contributed by atoms with Gasteiger partial charge < -0.3 is 19.7 Å². The fraction of sp³-hybridized carbons (Fsp3) is 0.250. The first-order valence-electron chi connectivity index (χ1n) is 8.91. The first-order chi connectivity index (χ1) is 14.0. The maximum Gasteiger partial charge on any atom is 0.257 e. The van der Waals surface area contributed by atoms with Crippen LogP contribution < -0.4 is 15.4 Å². The highest BCUT2D eigenvalue weighted by atomic mass is 79.9. The molecular formula is C20H20BrN3O4S. The fourth-order valence-electron chi connectivity index (χ4n) is 2.85. The monoisotopic (exact) mass is 477 g/mol. The van der Waals surface area contributed by atoms with Gasteiger partial charge in [-0.1, -0.05) is 12.1 Å². The van der Waals surface area contributed by atoms with E-state index >= 15 is 0 Å². The highest BCUT2D eigenvalue weighted by Gasteiger charge is 2.21. The lowest BCUT2D eigenvalue weighted by Gasteiger charge is -2.27. The van der Waals surface area contributed by atoms with Crippen molar-refractivity contribution < 1.29 is 19.1 Å². The van der Waals surface area contributed by atoms with E-state index in [1.165, 1.54) is 0 Å². The van der Waals surface area contributed by atoms with Crippen LogP contribution in [0.5, 0.6) is 5.75 Å². The van der Waals surface area contributed by atoms with Gasteiger partial charge in [-0.05, 0) is 58.5 Å². The van der Waals surface area contributed by atoms with Crippen LogP contribution in [0, 0.1) is 0 Å². The molecule has 0 aromatic heterocycles. The summed E-state index contributed by atoms with van der Waals surface area (Å²) in [6.07, 6.45) is 0. The second-order valence-corrected chi connectivity index (χ2v) is 7.47. The molecule has 2 amide bonds. The summed E-state index contributed by atoms with van der Waals surface area (Å²) in [7, 11) is 1.55. The molecule has 29 heavy (non-hydrogen) atoms. The minimum atomic E-state index is -0.372. The SMILES string of the molecule is COc1ccc(C(=O)NC(=S)Nc2ccccc2C(=O)N2CCOCC2)cc1Br. The molecule has 2 aromatic rings. The number of anilines is 1. The molecule has 0 aliphatic carbocycles. The third-order valence-electron chi connectivity index (χ3n) is 4.35. The standard InChI is InChI=1S/C20H20BrN3O4S/c1-27-17-7-6-13(12-15(17)21)18(25)23-20(29)22-16-5-3-2-4-14(16)19(26)24-8-10-28-11-9-24/h2-7,12H,8-11H2,1H3,(H2,22,23,25,29). The highest BCUT2D eigenvalue weighted by Crippen LogP contribution is 2.25. The highest BCUT2D eigenvalue weighted by molar-refractivity contribution is 9.10. The van der Waals surface area contributed by atoms with E-state index < -0.39 is 0 Å². The summed E-state index contributed by atoms with van der Waals surface area (Å²) in [6, 6.07) is 12.0. The maximum absolute atomic E-state index is 12.8. The molecule has 2 N–H and O–H groups in total. The Morgan fingerprint density at radius 1 is 1.17 bits per heavy atom. The summed E-state index contributed by atoms with van der Waals surface area (Å²) in [6.45, 7) is 2.13. The van der Waals surface area contributed by atoms with Crippen molar-refractivity contribution in [3.63, 3.8) is 0 Å². The van der Waals surface area contributed by atoms with Crippen molar-refractivity contribution in [1.29, 1.82) is 0 Å². The Balaban J connectivity index is 1.68. The third kappa shape index (κ3) is 5.31. The van der Waals surface area contributed by atoms with Crippen LogP contribution in [0.4, 0.5) is 5.69 Å².